The fourth-order valence-electron chi connectivity index (χ4n) is 3.52. The van der Waals surface area contributed by atoms with E-state index < -0.39 is 0 Å². The van der Waals surface area contributed by atoms with E-state index in [9.17, 15) is 0 Å². The zero-order valence-corrected chi connectivity index (χ0v) is 12.1. The number of anilines is 1. The molecule has 0 saturated carbocycles. The summed E-state index contributed by atoms with van der Waals surface area (Å²) in [7, 11) is 0. The fourth-order valence-corrected chi connectivity index (χ4v) is 3.52. The van der Waals surface area contributed by atoms with Gasteiger partial charge >= 0.3 is 0 Å². The van der Waals surface area contributed by atoms with Crippen molar-refractivity contribution in [2.24, 2.45) is 0 Å². The molecule has 0 aromatic heterocycles. The second kappa shape index (κ2) is 5.96. The van der Waals surface area contributed by atoms with Crippen molar-refractivity contribution in [2.45, 2.75) is 44.9 Å². The van der Waals surface area contributed by atoms with Gasteiger partial charge in [-0.05, 0) is 81.3 Å². The number of nitrogens with one attached hydrogen (secondary N) is 1. The third-order valence-electron chi connectivity index (χ3n) is 4.62. The highest BCUT2D eigenvalue weighted by Gasteiger charge is 2.18. The van der Waals surface area contributed by atoms with Crippen LogP contribution in [0.25, 0.3) is 0 Å². The molecule has 0 spiro atoms. The Bertz CT molecular complexity index is 379. The molecule has 2 heterocycles. The van der Waals surface area contributed by atoms with Crippen molar-refractivity contribution < 1.29 is 0 Å². The molecule has 0 radical (unpaired) electrons. The van der Waals surface area contributed by atoms with Crippen LogP contribution in [0.15, 0.2) is 18.2 Å². The Kier molecular flexibility index (Phi) is 4.07. The molecular weight excluding hydrogens is 232 g/mol. The molecule has 0 atom stereocenters. The Morgan fingerprint density at radius 3 is 2.47 bits per heavy atom. The Morgan fingerprint density at radius 2 is 1.74 bits per heavy atom. The Labute approximate surface area is 117 Å². The normalized spacial score (nSPS) is 21.6. The fraction of sp³-hybridized carbons (Fsp3) is 0.647. The Balaban J connectivity index is 1.82. The van der Waals surface area contributed by atoms with Gasteiger partial charge in [0.25, 0.3) is 0 Å². The average molecular weight is 258 g/mol. The van der Waals surface area contributed by atoms with Crippen molar-refractivity contribution in [3.63, 3.8) is 0 Å². The number of aryl methyl sites for hydroxylation is 1. The van der Waals surface area contributed by atoms with E-state index in [1.807, 2.05) is 0 Å². The Morgan fingerprint density at radius 1 is 1.00 bits per heavy atom. The molecule has 0 amide bonds. The molecule has 2 aliphatic rings. The summed E-state index contributed by atoms with van der Waals surface area (Å²) in [4.78, 5) is 2.58. The van der Waals surface area contributed by atoms with Gasteiger partial charge in [-0.15, -0.1) is 0 Å². The van der Waals surface area contributed by atoms with Crippen LogP contribution < -0.4 is 10.2 Å². The minimum Gasteiger partial charge on any atom is -0.372 e. The quantitative estimate of drug-likeness (QED) is 0.874. The maximum absolute atomic E-state index is 3.47. The van der Waals surface area contributed by atoms with E-state index in [1.54, 1.807) is 5.56 Å². The summed E-state index contributed by atoms with van der Waals surface area (Å²) < 4.78 is 0. The zero-order valence-electron chi connectivity index (χ0n) is 12.1. The van der Waals surface area contributed by atoms with E-state index in [2.05, 4.69) is 35.3 Å². The van der Waals surface area contributed by atoms with Gasteiger partial charge in [0.1, 0.15) is 0 Å². The molecule has 2 nitrogen and oxygen atoms in total. The molecular formula is C17H26N2. The molecule has 0 aliphatic carbocycles. The molecule has 19 heavy (non-hydrogen) atoms. The molecule has 2 heteroatoms. The van der Waals surface area contributed by atoms with E-state index in [0.29, 0.717) is 0 Å². The number of hydrogen-bond donors (Lipinski definition) is 1. The SMILES string of the molecule is Cc1cc(C2CCNCC2)cc(N2CCCCC2)c1. The Hall–Kier alpha value is -1.02. The third-order valence-corrected chi connectivity index (χ3v) is 4.62. The number of nitrogens with zero attached hydrogens (tertiary/aromatic N) is 1. The van der Waals surface area contributed by atoms with E-state index in [4.69, 9.17) is 0 Å². The van der Waals surface area contributed by atoms with Gasteiger partial charge in [-0.1, -0.05) is 6.07 Å². The summed E-state index contributed by atoms with van der Waals surface area (Å²) in [5, 5.41) is 3.47. The first-order valence-corrected chi connectivity index (χ1v) is 7.90. The van der Waals surface area contributed by atoms with Crippen LogP contribution in [0.3, 0.4) is 0 Å². The molecule has 2 saturated heterocycles. The average Bonchev–Trinajstić information content (AvgIpc) is 2.48. The van der Waals surface area contributed by atoms with Gasteiger partial charge < -0.3 is 10.2 Å². The van der Waals surface area contributed by atoms with E-state index >= 15 is 0 Å². The first-order valence-electron chi connectivity index (χ1n) is 7.90. The van der Waals surface area contributed by atoms with Crippen molar-refractivity contribution in [2.75, 3.05) is 31.1 Å². The van der Waals surface area contributed by atoms with E-state index in [0.717, 1.165) is 5.92 Å². The van der Waals surface area contributed by atoms with Gasteiger partial charge in [0.05, 0.1) is 0 Å². The first-order chi connectivity index (χ1) is 9.33. The molecule has 2 fully saturated rings. The first kappa shape index (κ1) is 13.0. The molecule has 3 rings (SSSR count). The van der Waals surface area contributed by atoms with Crippen molar-refractivity contribution in [3.8, 4) is 0 Å². The summed E-state index contributed by atoms with van der Waals surface area (Å²) in [6.45, 7) is 7.09. The van der Waals surface area contributed by atoms with Gasteiger partial charge in [0, 0.05) is 18.8 Å². The standard InChI is InChI=1S/C17H26N2/c1-14-11-16(15-5-7-18-8-6-15)13-17(12-14)19-9-3-2-4-10-19/h11-13,15,18H,2-10H2,1H3. The number of rotatable bonds is 2. The zero-order chi connectivity index (χ0) is 13.1. The maximum Gasteiger partial charge on any atom is 0.0371 e. The van der Waals surface area contributed by atoms with Crippen LogP contribution in [0.2, 0.25) is 0 Å². The van der Waals surface area contributed by atoms with Crippen LogP contribution in [0, 0.1) is 6.92 Å². The summed E-state index contributed by atoms with van der Waals surface area (Å²) in [6.07, 6.45) is 6.71. The van der Waals surface area contributed by atoms with Crippen LogP contribution in [-0.2, 0) is 0 Å². The number of piperidine rings is 2. The van der Waals surface area contributed by atoms with Gasteiger partial charge in [-0.25, -0.2) is 0 Å². The summed E-state index contributed by atoms with van der Waals surface area (Å²) in [5.41, 5.74) is 4.46. The van der Waals surface area contributed by atoms with E-state index in [-0.39, 0.29) is 0 Å². The molecule has 104 valence electrons. The predicted molar refractivity (Wildman–Crippen MR) is 82.1 cm³/mol. The monoisotopic (exact) mass is 258 g/mol. The van der Waals surface area contributed by atoms with Crippen molar-refractivity contribution in [3.05, 3.63) is 29.3 Å². The third kappa shape index (κ3) is 3.11. The summed E-state index contributed by atoms with van der Waals surface area (Å²) >= 11 is 0. The van der Waals surface area contributed by atoms with Crippen LogP contribution in [-0.4, -0.2) is 26.2 Å². The summed E-state index contributed by atoms with van der Waals surface area (Å²) in [5.74, 6) is 0.768. The highest BCUT2D eigenvalue weighted by Crippen LogP contribution is 2.30. The maximum atomic E-state index is 3.47. The molecule has 0 bridgehead atoms. The van der Waals surface area contributed by atoms with Crippen molar-refractivity contribution in [1.29, 1.82) is 0 Å². The highest BCUT2D eigenvalue weighted by atomic mass is 15.1. The van der Waals surface area contributed by atoms with Gasteiger partial charge in [0.15, 0.2) is 0 Å². The lowest BCUT2D eigenvalue weighted by molar-refractivity contribution is 0.460. The molecule has 1 N–H and O–H groups in total. The molecule has 2 aliphatic heterocycles. The molecule has 1 aromatic carbocycles. The topological polar surface area (TPSA) is 15.3 Å². The van der Waals surface area contributed by atoms with Crippen LogP contribution in [0.1, 0.15) is 49.1 Å². The van der Waals surface area contributed by atoms with Gasteiger partial charge in [-0.2, -0.15) is 0 Å². The molecule has 1 aromatic rings. The smallest absolute Gasteiger partial charge is 0.0371 e. The van der Waals surface area contributed by atoms with Crippen LogP contribution >= 0.6 is 0 Å². The highest BCUT2D eigenvalue weighted by molar-refractivity contribution is 5.52. The lowest BCUT2D eigenvalue weighted by Gasteiger charge is -2.31. The van der Waals surface area contributed by atoms with E-state index in [1.165, 1.54) is 69.5 Å². The van der Waals surface area contributed by atoms with Gasteiger partial charge in [-0.3, -0.25) is 0 Å². The van der Waals surface area contributed by atoms with Crippen LogP contribution in [0.4, 0.5) is 5.69 Å². The largest absolute Gasteiger partial charge is 0.372 e. The minimum absolute atomic E-state index is 0.768. The second-order valence-corrected chi connectivity index (χ2v) is 6.17. The van der Waals surface area contributed by atoms with Gasteiger partial charge in [0.2, 0.25) is 0 Å². The second-order valence-electron chi connectivity index (χ2n) is 6.17. The number of benzene rings is 1. The van der Waals surface area contributed by atoms with Crippen molar-refractivity contribution >= 4 is 5.69 Å². The number of hydrogen-bond acceptors (Lipinski definition) is 2. The summed E-state index contributed by atoms with van der Waals surface area (Å²) in [6, 6.07) is 7.24. The van der Waals surface area contributed by atoms with Crippen LogP contribution in [0.5, 0.6) is 0 Å². The lowest BCUT2D eigenvalue weighted by atomic mass is 9.89. The van der Waals surface area contributed by atoms with Crippen molar-refractivity contribution in [1.82, 2.24) is 5.32 Å². The minimum atomic E-state index is 0.768. The molecule has 0 unspecified atom stereocenters. The predicted octanol–water partition coefficient (Wildman–Crippen LogP) is 3.45. The lowest BCUT2D eigenvalue weighted by Crippen LogP contribution is -2.30.